The summed E-state index contributed by atoms with van der Waals surface area (Å²) in [6, 6.07) is 7.34. The van der Waals surface area contributed by atoms with Crippen molar-refractivity contribution < 1.29 is 4.79 Å². The van der Waals surface area contributed by atoms with E-state index in [4.69, 9.17) is 11.6 Å². The summed E-state index contributed by atoms with van der Waals surface area (Å²) in [7, 11) is 0. The molecule has 0 bridgehead atoms. The Morgan fingerprint density at radius 2 is 2.18 bits per heavy atom. The van der Waals surface area contributed by atoms with Gasteiger partial charge in [-0.15, -0.1) is 0 Å². The van der Waals surface area contributed by atoms with Crippen LogP contribution in [0.25, 0.3) is 10.9 Å². The van der Waals surface area contributed by atoms with Gasteiger partial charge >= 0.3 is 0 Å². The van der Waals surface area contributed by atoms with Crippen molar-refractivity contribution in [2.24, 2.45) is 5.92 Å². The van der Waals surface area contributed by atoms with E-state index in [-0.39, 0.29) is 11.8 Å². The summed E-state index contributed by atoms with van der Waals surface area (Å²) in [4.78, 5) is 16.0. The summed E-state index contributed by atoms with van der Waals surface area (Å²) in [6.07, 6.45) is 3.69. The number of halogens is 1. The molecule has 1 aliphatic carbocycles. The highest BCUT2D eigenvalue weighted by atomic mass is 35.5. The van der Waals surface area contributed by atoms with Gasteiger partial charge in [0.2, 0.25) is 5.91 Å². The molecule has 0 unspecified atom stereocenters. The third-order valence-electron chi connectivity index (χ3n) is 2.93. The lowest BCUT2D eigenvalue weighted by Crippen LogP contribution is -2.13. The van der Waals surface area contributed by atoms with Crippen LogP contribution < -0.4 is 5.32 Å². The van der Waals surface area contributed by atoms with Gasteiger partial charge in [0.25, 0.3) is 0 Å². The maximum Gasteiger partial charge on any atom is 0.227 e. The smallest absolute Gasteiger partial charge is 0.227 e. The van der Waals surface area contributed by atoms with Gasteiger partial charge < -0.3 is 5.32 Å². The van der Waals surface area contributed by atoms with E-state index >= 15 is 0 Å². The highest BCUT2D eigenvalue weighted by molar-refractivity contribution is 6.35. The van der Waals surface area contributed by atoms with Crippen molar-refractivity contribution in [1.82, 2.24) is 4.98 Å². The number of rotatable bonds is 2. The molecule has 17 heavy (non-hydrogen) atoms. The average molecular weight is 247 g/mol. The van der Waals surface area contributed by atoms with E-state index < -0.39 is 0 Å². The Labute approximate surface area is 104 Å². The van der Waals surface area contributed by atoms with E-state index in [1.54, 1.807) is 12.3 Å². The Kier molecular flexibility index (Phi) is 2.48. The third-order valence-corrected chi connectivity index (χ3v) is 3.23. The second-order valence-corrected chi connectivity index (χ2v) is 4.67. The molecule has 3 rings (SSSR count). The molecule has 0 atom stereocenters. The lowest BCUT2D eigenvalue weighted by atomic mass is 10.1. The number of nitrogens with zero attached hydrogens (tertiary/aromatic N) is 1. The minimum absolute atomic E-state index is 0.0949. The van der Waals surface area contributed by atoms with Crippen LogP contribution in [0.15, 0.2) is 30.5 Å². The Bertz CT molecular complexity index is 593. The van der Waals surface area contributed by atoms with Crippen LogP contribution in [0, 0.1) is 5.92 Å². The van der Waals surface area contributed by atoms with Crippen LogP contribution in [0.3, 0.4) is 0 Å². The van der Waals surface area contributed by atoms with Crippen molar-refractivity contribution in [1.29, 1.82) is 0 Å². The normalized spacial score (nSPS) is 14.9. The number of hydrogen-bond acceptors (Lipinski definition) is 2. The van der Waals surface area contributed by atoms with Gasteiger partial charge in [0, 0.05) is 17.5 Å². The Balaban J connectivity index is 2.03. The van der Waals surface area contributed by atoms with Crippen LogP contribution in [0.1, 0.15) is 12.8 Å². The zero-order chi connectivity index (χ0) is 11.8. The fourth-order valence-electron chi connectivity index (χ4n) is 1.83. The van der Waals surface area contributed by atoms with E-state index in [0.717, 1.165) is 29.4 Å². The number of aromatic nitrogens is 1. The monoisotopic (exact) mass is 246 g/mol. The number of pyridine rings is 1. The van der Waals surface area contributed by atoms with Crippen molar-refractivity contribution in [2.75, 3.05) is 5.32 Å². The number of hydrogen-bond donors (Lipinski definition) is 1. The number of carbonyl (C=O) groups is 1. The molecule has 1 saturated carbocycles. The molecule has 0 aliphatic heterocycles. The van der Waals surface area contributed by atoms with Crippen LogP contribution >= 0.6 is 11.6 Å². The number of amides is 1. The molecular weight excluding hydrogens is 236 g/mol. The van der Waals surface area contributed by atoms with Crippen LogP contribution in [-0.4, -0.2) is 10.9 Å². The number of fused-ring (bicyclic) bond motifs is 1. The molecule has 0 radical (unpaired) electrons. The molecule has 4 heteroatoms. The number of nitrogens with one attached hydrogen (secondary N) is 1. The zero-order valence-electron chi connectivity index (χ0n) is 9.11. The van der Waals surface area contributed by atoms with Gasteiger partial charge in [-0.3, -0.25) is 9.78 Å². The lowest BCUT2D eigenvalue weighted by Gasteiger charge is -2.08. The van der Waals surface area contributed by atoms with Gasteiger partial charge in [-0.05, 0) is 37.1 Å². The molecule has 2 aromatic rings. The number of benzene rings is 1. The fourth-order valence-corrected chi connectivity index (χ4v) is 2.04. The van der Waals surface area contributed by atoms with Gasteiger partial charge in [-0.2, -0.15) is 0 Å². The van der Waals surface area contributed by atoms with Crippen molar-refractivity contribution in [3.8, 4) is 0 Å². The topological polar surface area (TPSA) is 42.0 Å². The molecule has 3 nitrogen and oxygen atoms in total. The fraction of sp³-hybridized carbons (Fsp3) is 0.231. The summed E-state index contributed by atoms with van der Waals surface area (Å²) < 4.78 is 0. The molecule has 1 aliphatic rings. The van der Waals surface area contributed by atoms with E-state index in [2.05, 4.69) is 10.3 Å². The van der Waals surface area contributed by atoms with E-state index in [0.29, 0.717) is 5.02 Å². The summed E-state index contributed by atoms with van der Waals surface area (Å²) >= 11 is 6.07. The Hall–Kier alpha value is -1.61. The minimum Gasteiger partial charge on any atom is -0.325 e. The molecular formula is C13H11ClN2O. The molecule has 0 spiro atoms. The number of carbonyl (C=O) groups excluding carboxylic acids is 1. The standard InChI is InChI=1S/C13H11ClN2O/c14-10-5-6-11(16-13(17)8-3-4-8)9-2-1-7-15-12(9)10/h1-2,5-8H,3-4H2,(H,16,17). The van der Waals surface area contributed by atoms with Crippen LogP contribution in [-0.2, 0) is 4.79 Å². The highest BCUT2D eigenvalue weighted by Crippen LogP contribution is 2.32. The zero-order valence-corrected chi connectivity index (χ0v) is 9.87. The maximum absolute atomic E-state index is 11.7. The van der Waals surface area contributed by atoms with E-state index in [1.807, 2.05) is 18.2 Å². The highest BCUT2D eigenvalue weighted by Gasteiger charge is 2.29. The van der Waals surface area contributed by atoms with Gasteiger partial charge in [0.15, 0.2) is 0 Å². The first-order valence-corrected chi connectivity index (χ1v) is 5.97. The summed E-state index contributed by atoms with van der Waals surface area (Å²) in [5, 5.41) is 4.42. The maximum atomic E-state index is 11.7. The first kappa shape index (κ1) is 10.5. The summed E-state index contributed by atoms with van der Waals surface area (Å²) in [5.74, 6) is 0.287. The van der Waals surface area contributed by atoms with Gasteiger partial charge in [0.1, 0.15) is 0 Å². The third kappa shape index (κ3) is 1.98. The second kappa shape index (κ2) is 4.00. The molecule has 1 fully saturated rings. The van der Waals surface area contributed by atoms with Crippen molar-refractivity contribution >= 4 is 34.1 Å². The molecule has 0 saturated heterocycles. The van der Waals surface area contributed by atoms with E-state index in [1.165, 1.54) is 0 Å². The van der Waals surface area contributed by atoms with Crippen LogP contribution in [0.5, 0.6) is 0 Å². The largest absolute Gasteiger partial charge is 0.325 e. The molecule has 1 aromatic heterocycles. The van der Waals surface area contributed by atoms with Crippen LogP contribution in [0.4, 0.5) is 5.69 Å². The first-order chi connectivity index (χ1) is 8.25. The van der Waals surface area contributed by atoms with Gasteiger partial charge in [0.05, 0.1) is 16.2 Å². The summed E-state index contributed by atoms with van der Waals surface area (Å²) in [5.41, 5.74) is 1.51. The van der Waals surface area contributed by atoms with Gasteiger partial charge in [-0.1, -0.05) is 11.6 Å². The van der Waals surface area contributed by atoms with Crippen molar-refractivity contribution in [3.63, 3.8) is 0 Å². The molecule has 1 aromatic carbocycles. The predicted octanol–water partition coefficient (Wildman–Crippen LogP) is 3.24. The Morgan fingerprint density at radius 3 is 2.94 bits per heavy atom. The number of anilines is 1. The van der Waals surface area contributed by atoms with Gasteiger partial charge in [-0.25, -0.2) is 0 Å². The minimum atomic E-state index is 0.0949. The molecule has 1 N–H and O–H groups in total. The van der Waals surface area contributed by atoms with Crippen LogP contribution in [0.2, 0.25) is 5.02 Å². The van der Waals surface area contributed by atoms with E-state index in [9.17, 15) is 4.79 Å². The Morgan fingerprint density at radius 1 is 1.35 bits per heavy atom. The average Bonchev–Trinajstić information content (AvgIpc) is 3.17. The molecule has 1 heterocycles. The first-order valence-electron chi connectivity index (χ1n) is 5.60. The van der Waals surface area contributed by atoms with Crippen molar-refractivity contribution in [3.05, 3.63) is 35.5 Å². The second-order valence-electron chi connectivity index (χ2n) is 4.26. The quantitative estimate of drug-likeness (QED) is 0.884. The lowest BCUT2D eigenvalue weighted by molar-refractivity contribution is -0.117. The molecule has 1 amide bonds. The van der Waals surface area contributed by atoms with Crippen molar-refractivity contribution in [2.45, 2.75) is 12.8 Å². The predicted molar refractivity (Wildman–Crippen MR) is 68.1 cm³/mol. The SMILES string of the molecule is O=C(Nc1ccc(Cl)c2ncccc12)C1CC1. The molecule has 86 valence electrons. The summed E-state index contributed by atoms with van der Waals surface area (Å²) in [6.45, 7) is 0.